The molecule has 0 bridgehead atoms. The molecule has 1 aromatic carbocycles. The summed E-state index contributed by atoms with van der Waals surface area (Å²) in [5.41, 5.74) is 6.59. The van der Waals surface area contributed by atoms with E-state index in [9.17, 15) is 9.18 Å². The van der Waals surface area contributed by atoms with Crippen LogP contribution in [0.4, 0.5) is 15.2 Å². The standard InChI is InChI=1S/C13H15FN4OS/c1-16-12(19)10-11(15)17-20-13(10)18(2)7-8-5-3-4-6-9(8)14/h3-6H,7H2,1-2H3,(H2,15,17)(H,16,19). The van der Waals surface area contributed by atoms with E-state index in [0.717, 1.165) is 11.5 Å². The molecule has 0 aliphatic rings. The van der Waals surface area contributed by atoms with Crippen LogP contribution in [0.25, 0.3) is 0 Å². The predicted octanol–water partition coefficient (Wildman–Crippen LogP) is 1.86. The van der Waals surface area contributed by atoms with Crippen LogP contribution in [0, 0.1) is 5.82 Å². The first-order chi connectivity index (χ1) is 9.54. The molecule has 0 saturated carbocycles. The van der Waals surface area contributed by atoms with Crippen molar-refractivity contribution < 1.29 is 9.18 Å². The van der Waals surface area contributed by atoms with Gasteiger partial charge in [0.05, 0.1) is 0 Å². The molecule has 5 nitrogen and oxygen atoms in total. The van der Waals surface area contributed by atoms with E-state index in [1.807, 2.05) is 0 Å². The molecule has 20 heavy (non-hydrogen) atoms. The largest absolute Gasteiger partial charge is 0.382 e. The van der Waals surface area contributed by atoms with Gasteiger partial charge in [-0.05, 0) is 17.6 Å². The van der Waals surface area contributed by atoms with Crippen molar-refractivity contribution in [1.29, 1.82) is 0 Å². The highest BCUT2D eigenvalue weighted by atomic mass is 32.1. The number of halogens is 1. The highest BCUT2D eigenvalue weighted by Crippen LogP contribution is 2.30. The van der Waals surface area contributed by atoms with Crippen LogP contribution < -0.4 is 16.0 Å². The Hall–Kier alpha value is -2.15. The molecule has 1 amide bonds. The molecule has 2 rings (SSSR count). The third-order valence-corrected chi connectivity index (χ3v) is 3.84. The molecular formula is C13H15FN4OS. The summed E-state index contributed by atoms with van der Waals surface area (Å²) in [6, 6.07) is 6.52. The Morgan fingerprint density at radius 1 is 1.50 bits per heavy atom. The van der Waals surface area contributed by atoms with Gasteiger partial charge in [-0.25, -0.2) is 4.39 Å². The summed E-state index contributed by atoms with van der Waals surface area (Å²) in [6.45, 7) is 0.332. The predicted molar refractivity (Wildman–Crippen MR) is 78.4 cm³/mol. The molecule has 0 unspecified atom stereocenters. The fourth-order valence-electron chi connectivity index (χ4n) is 1.85. The first-order valence-corrected chi connectivity index (χ1v) is 6.73. The van der Waals surface area contributed by atoms with E-state index in [4.69, 9.17) is 5.73 Å². The van der Waals surface area contributed by atoms with E-state index in [1.54, 1.807) is 30.1 Å². The van der Waals surface area contributed by atoms with Crippen molar-refractivity contribution in [3.05, 3.63) is 41.2 Å². The van der Waals surface area contributed by atoms with E-state index in [2.05, 4.69) is 9.69 Å². The monoisotopic (exact) mass is 294 g/mol. The van der Waals surface area contributed by atoms with E-state index in [0.29, 0.717) is 22.7 Å². The van der Waals surface area contributed by atoms with Crippen molar-refractivity contribution in [2.24, 2.45) is 0 Å². The average molecular weight is 294 g/mol. The number of benzene rings is 1. The van der Waals surface area contributed by atoms with Crippen LogP contribution in [0.15, 0.2) is 24.3 Å². The highest BCUT2D eigenvalue weighted by molar-refractivity contribution is 7.11. The van der Waals surface area contributed by atoms with Gasteiger partial charge in [-0.1, -0.05) is 18.2 Å². The molecule has 0 spiro atoms. The molecule has 7 heteroatoms. The van der Waals surface area contributed by atoms with Crippen LogP contribution in [-0.2, 0) is 6.54 Å². The molecule has 106 valence electrons. The number of carbonyl (C=O) groups excluding carboxylic acids is 1. The molecule has 1 aromatic heterocycles. The number of hydrogen-bond donors (Lipinski definition) is 2. The SMILES string of the molecule is CNC(=O)c1c(N)nsc1N(C)Cc1ccccc1F. The van der Waals surface area contributed by atoms with Crippen LogP contribution in [0.1, 0.15) is 15.9 Å². The quantitative estimate of drug-likeness (QED) is 0.903. The summed E-state index contributed by atoms with van der Waals surface area (Å²) in [5.74, 6) is -0.394. The van der Waals surface area contributed by atoms with Gasteiger partial charge in [-0.2, -0.15) is 4.37 Å². The van der Waals surface area contributed by atoms with Gasteiger partial charge in [0, 0.05) is 26.2 Å². The average Bonchev–Trinajstić information content (AvgIpc) is 2.82. The van der Waals surface area contributed by atoms with Crippen LogP contribution in [0.5, 0.6) is 0 Å². The second-order valence-electron chi connectivity index (χ2n) is 4.27. The van der Waals surface area contributed by atoms with Gasteiger partial charge in [0.1, 0.15) is 16.4 Å². The maximum Gasteiger partial charge on any atom is 0.257 e. The van der Waals surface area contributed by atoms with Crippen LogP contribution in [0.2, 0.25) is 0 Å². The molecular weight excluding hydrogens is 279 g/mol. The second kappa shape index (κ2) is 5.87. The highest BCUT2D eigenvalue weighted by Gasteiger charge is 2.21. The number of anilines is 2. The van der Waals surface area contributed by atoms with Gasteiger partial charge in [0.25, 0.3) is 5.91 Å². The number of nitrogen functional groups attached to an aromatic ring is 1. The van der Waals surface area contributed by atoms with Crippen molar-refractivity contribution in [3.63, 3.8) is 0 Å². The Morgan fingerprint density at radius 3 is 2.85 bits per heavy atom. The number of carbonyl (C=O) groups is 1. The molecule has 1 heterocycles. The molecule has 0 aliphatic heterocycles. The van der Waals surface area contributed by atoms with Crippen molar-refractivity contribution in [3.8, 4) is 0 Å². The number of rotatable bonds is 4. The maximum atomic E-state index is 13.7. The van der Waals surface area contributed by atoms with Crippen molar-refractivity contribution in [2.75, 3.05) is 24.7 Å². The second-order valence-corrected chi connectivity index (χ2v) is 5.03. The molecule has 0 atom stereocenters. The number of hydrogen-bond acceptors (Lipinski definition) is 5. The molecule has 3 N–H and O–H groups in total. The third kappa shape index (κ3) is 2.72. The molecule has 0 radical (unpaired) electrons. The summed E-state index contributed by atoms with van der Waals surface area (Å²) < 4.78 is 17.6. The summed E-state index contributed by atoms with van der Waals surface area (Å²) in [6.07, 6.45) is 0. The lowest BCUT2D eigenvalue weighted by Gasteiger charge is -2.18. The van der Waals surface area contributed by atoms with Crippen LogP contribution in [-0.4, -0.2) is 24.4 Å². The van der Waals surface area contributed by atoms with Gasteiger partial charge in [-0.3, -0.25) is 4.79 Å². The zero-order valence-corrected chi connectivity index (χ0v) is 12.0. The first kappa shape index (κ1) is 14.3. The number of nitrogens with two attached hydrogens (primary N) is 1. The smallest absolute Gasteiger partial charge is 0.257 e. The third-order valence-electron chi connectivity index (χ3n) is 2.87. The molecule has 0 aliphatic carbocycles. The Balaban J connectivity index is 2.28. The minimum Gasteiger partial charge on any atom is -0.382 e. The van der Waals surface area contributed by atoms with E-state index < -0.39 is 0 Å². The fraction of sp³-hybridized carbons (Fsp3) is 0.231. The van der Waals surface area contributed by atoms with Gasteiger partial charge >= 0.3 is 0 Å². The molecule has 0 fully saturated rings. The minimum absolute atomic E-state index is 0.185. The lowest BCUT2D eigenvalue weighted by molar-refractivity contribution is 0.0964. The van der Waals surface area contributed by atoms with Gasteiger partial charge in [0.2, 0.25) is 0 Å². The zero-order valence-electron chi connectivity index (χ0n) is 11.2. The minimum atomic E-state index is -0.299. The van der Waals surface area contributed by atoms with Gasteiger partial charge in [0.15, 0.2) is 5.82 Å². The lowest BCUT2D eigenvalue weighted by atomic mass is 10.2. The summed E-state index contributed by atoms with van der Waals surface area (Å²) in [7, 11) is 3.30. The van der Waals surface area contributed by atoms with E-state index in [1.165, 1.54) is 13.1 Å². The fourth-order valence-corrected chi connectivity index (χ4v) is 2.61. The zero-order chi connectivity index (χ0) is 14.7. The van der Waals surface area contributed by atoms with E-state index >= 15 is 0 Å². The van der Waals surface area contributed by atoms with Crippen LogP contribution >= 0.6 is 11.5 Å². The van der Waals surface area contributed by atoms with Crippen molar-refractivity contribution >= 4 is 28.3 Å². The lowest BCUT2D eigenvalue weighted by Crippen LogP contribution is -2.23. The first-order valence-electron chi connectivity index (χ1n) is 5.96. The summed E-state index contributed by atoms with van der Waals surface area (Å²) in [5, 5.41) is 3.14. The normalized spacial score (nSPS) is 10.3. The van der Waals surface area contributed by atoms with Crippen molar-refractivity contribution in [2.45, 2.75) is 6.54 Å². The Bertz CT molecular complexity index is 629. The van der Waals surface area contributed by atoms with Crippen molar-refractivity contribution in [1.82, 2.24) is 9.69 Å². The molecule has 0 saturated heterocycles. The Morgan fingerprint density at radius 2 is 2.20 bits per heavy atom. The topological polar surface area (TPSA) is 71.2 Å². The number of nitrogens with one attached hydrogen (secondary N) is 1. The summed E-state index contributed by atoms with van der Waals surface area (Å²) in [4.78, 5) is 13.6. The number of nitrogens with zero attached hydrogens (tertiary/aromatic N) is 2. The number of amides is 1. The Labute approximate surface area is 120 Å². The number of aromatic nitrogens is 1. The van der Waals surface area contributed by atoms with Crippen LogP contribution in [0.3, 0.4) is 0 Å². The van der Waals surface area contributed by atoms with E-state index in [-0.39, 0.29) is 17.5 Å². The summed E-state index contributed by atoms with van der Waals surface area (Å²) >= 11 is 1.12. The Kier molecular flexibility index (Phi) is 4.19. The van der Waals surface area contributed by atoms with Gasteiger partial charge < -0.3 is 16.0 Å². The maximum absolute atomic E-state index is 13.7. The van der Waals surface area contributed by atoms with Gasteiger partial charge in [-0.15, -0.1) is 0 Å². The molecule has 2 aromatic rings.